The maximum Gasteiger partial charge on any atom is 0.407 e. The van der Waals surface area contributed by atoms with Gasteiger partial charge in [-0.15, -0.1) is 0 Å². The third-order valence-electron chi connectivity index (χ3n) is 5.64. The van der Waals surface area contributed by atoms with Crippen LogP contribution in [0.25, 0.3) is 0 Å². The lowest BCUT2D eigenvalue weighted by molar-refractivity contribution is 0.0948. The van der Waals surface area contributed by atoms with Crippen molar-refractivity contribution in [2.45, 2.75) is 32.2 Å². The van der Waals surface area contributed by atoms with E-state index in [0.717, 1.165) is 30.4 Å². The number of benzene rings is 1. The van der Waals surface area contributed by atoms with Crippen LogP contribution in [0.15, 0.2) is 18.2 Å². The van der Waals surface area contributed by atoms with Crippen molar-refractivity contribution >= 4 is 22.0 Å². The average Bonchev–Trinajstić information content (AvgIpc) is 2.66. The van der Waals surface area contributed by atoms with E-state index in [1.165, 1.54) is 15.5 Å². The van der Waals surface area contributed by atoms with E-state index in [4.69, 9.17) is 5.11 Å². The van der Waals surface area contributed by atoms with Gasteiger partial charge in [0.15, 0.2) is 0 Å². The van der Waals surface area contributed by atoms with Crippen LogP contribution in [0.5, 0.6) is 0 Å². The molecule has 0 bridgehead atoms. The Morgan fingerprint density at radius 1 is 1.18 bits per heavy atom. The molecule has 0 aliphatic carbocycles. The fraction of sp³-hybridized carbons (Fsp3) is 0.579. The van der Waals surface area contributed by atoms with Gasteiger partial charge in [0.05, 0.1) is 6.26 Å². The van der Waals surface area contributed by atoms with Crippen LogP contribution in [-0.2, 0) is 23.0 Å². The number of piperidine rings is 1. The van der Waals surface area contributed by atoms with Crippen molar-refractivity contribution in [3.63, 3.8) is 0 Å². The zero-order valence-corrected chi connectivity index (χ0v) is 16.9. The molecule has 2 N–H and O–H groups in total. The summed E-state index contributed by atoms with van der Waals surface area (Å²) in [4.78, 5) is 24.8. The van der Waals surface area contributed by atoms with E-state index >= 15 is 0 Å². The zero-order chi connectivity index (χ0) is 20.3. The van der Waals surface area contributed by atoms with Gasteiger partial charge in [-0.25, -0.2) is 13.2 Å². The smallest absolute Gasteiger partial charge is 0.407 e. The van der Waals surface area contributed by atoms with Crippen LogP contribution in [0, 0.1) is 5.92 Å². The molecule has 2 amide bonds. The van der Waals surface area contributed by atoms with E-state index in [-0.39, 0.29) is 5.91 Å². The second-order valence-corrected chi connectivity index (χ2v) is 9.57. The molecule has 2 aliphatic rings. The van der Waals surface area contributed by atoms with Gasteiger partial charge in [0.1, 0.15) is 0 Å². The fourth-order valence-electron chi connectivity index (χ4n) is 3.86. The summed E-state index contributed by atoms with van der Waals surface area (Å²) in [6.07, 6.45) is 3.46. The number of rotatable bonds is 5. The van der Waals surface area contributed by atoms with Crippen molar-refractivity contribution in [3.05, 3.63) is 34.9 Å². The Hall–Kier alpha value is -2.13. The first kappa shape index (κ1) is 20.6. The van der Waals surface area contributed by atoms with Gasteiger partial charge in [-0.2, -0.15) is 4.31 Å². The Balaban J connectivity index is 1.49. The number of carboxylic acid groups (broad SMARTS) is 1. The van der Waals surface area contributed by atoms with Gasteiger partial charge in [0, 0.05) is 38.3 Å². The molecule has 3 rings (SSSR count). The quantitative estimate of drug-likeness (QED) is 0.767. The molecule has 0 atom stereocenters. The van der Waals surface area contributed by atoms with Crippen LogP contribution < -0.4 is 5.32 Å². The molecular weight excluding hydrogens is 382 g/mol. The monoisotopic (exact) mass is 409 g/mol. The summed E-state index contributed by atoms with van der Waals surface area (Å²) in [6, 6.07) is 5.43. The van der Waals surface area contributed by atoms with E-state index in [9.17, 15) is 18.0 Å². The van der Waals surface area contributed by atoms with Crippen molar-refractivity contribution in [2.75, 3.05) is 32.4 Å². The highest BCUT2D eigenvalue weighted by atomic mass is 32.2. The van der Waals surface area contributed by atoms with Crippen LogP contribution >= 0.6 is 0 Å². The highest BCUT2D eigenvalue weighted by Crippen LogP contribution is 2.23. The largest absolute Gasteiger partial charge is 0.465 e. The first-order valence-corrected chi connectivity index (χ1v) is 11.4. The van der Waals surface area contributed by atoms with Gasteiger partial charge in [-0.3, -0.25) is 4.79 Å². The lowest BCUT2D eigenvalue weighted by Crippen LogP contribution is -2.38. The van der Waals surface area contributed by atoms with Crippen molar-refractivity contribution in [1.82, 2.24) is 14.5 Å². The number of carbonyl (C=O) groups is 2. The number of nitrogens with one attached hydrogen (secondary N) is 1. The number of hydrogen-bond acceptors (Lipinski definition) is 4. The Kier molecular flexibility index (Phi) is 6.24. The molecule has 8 nitrogen and oxygen atoms in total. The van der Waals surface area contributed by atoms with Gasteiger partial charge < -0.3 is 15.3 Å². The number of carbonyl (C=O) groups excluding carboxylic acids is 1. The summed E-state index contributed by atoms with van der Waals surface area (Å²) in [5, 5.41) is 11.9. The van der Waals surface area contributed by atoms with Crippen LogP contribution in [-0.4, -0.2) is 67.2 Å². The van der Waals surface area contributed by atoms with Crippen molar-refractivity contribution in [1.29, 1.82) is 0 Å². The second kappa shape index (κ2) is 8.48. The number of likely N-dealkylation sites (tertiary alicyclic amines) is 1. The molecule has 1 aromatic carbocycles. The fourth-order valence-corrected chi connectivity index (χ4v) is 4.65. The Labute approximate surface area is 165 Å². The molecule has 154 valence electrons. The molecule has 2 aliphatic heterocycles. The molecule has 2 heterocycles. The number of fused-ring (bicyclic) bond motifs is 1. The molecular formula is C19H27N3O5S. The van der Waals surface area contributed by atoms with E-state index < -0.39 is 16.1 Å². The van der Waals surface area contributed by atoms with Crippen LogP contribution in [0.1, 0.15) is 40.7 Å². The lowest BCUT2D eigenvalue weighted by Gasteiger charge is -2.30. The van der Waals surface area contributed by atoms with E-state index in [2.05, 4.69) is 5.32 Å². The number of nitrogens with zero attached hydrogens (tertiary/aromatic N) is 2. The molecule has 1 saturated heterocycles. The molecule has 0 aromatic heterocycles. The standard InChI is InChI=1S/C19H27N3O5S/c1-28(26,27)22-11-7-15-12-16(2-3-17(15)13-22)18(23)20-8-4-14-5-9-21(10-6-14)19(24)25/h2-3,12,14H,4-11,13H2,1H3,(H,20,23)(H,24,25). The number of hydrogen-bond donors (Lipinski definition) is 2. The Morgan fingerprint density at radius 3 is 2.54 bits per heavy atom. The normalized spacial score (nSPS) is 18.5. The second-order valence-electron chi connectivity index (χ2n) is 7.59. The number of amides is 2. The number of sulfonamides is 1. The summed E-state index contributed by atoms with van der Waals surface area (Å²) in [7, 11) is -3.21. The molecule has 1 fully saturated rings. The molecule has 0 spiro atoms. The van der Waals surface area contributed by atoms with Crippen molar-refractivity contribution in [3.8, 4) is 0 Å². The summed E-state index contributed by atoms with van der Waals surface area (Å²) in [5.74, 6) is 0.303. The van der Waals surface area contributed by atoms with Gasteiger partial charge in [-0.1, -0.05) is 6.07 Å². The van der Waals surface area contributed by atoms with E-state index in [1.54, 1.807) is 6.07 Å². The maximum absolute atomic E-state index is 12.4. The summed E-state index contributed by atoms with van der Waals surface area (Å²) >= 11 is 0. The average molecular weight is 410 g/mol. The topological polar surface area (TPSA) is 107 Å². The summed E-state index contributed by atoms with van der Waals surface area (Å²) in [5.41, 5.74) is 2.55. The Bertz CT molecular complexity index is 847. The first-order chi connectivity index (χ1) is 13.2. The third kappa shape index (κ3) is 5.02. The van der Waals surface area contributed by atoms with Crippen LogP contribution in [0.3, 0.4) is 0 Å². The maximum atomic E-state index is 12.4. The van der Waals surface area contributed by atoms with Gasteiger partial charge in [-0.05, 0) is 54.9 Å². The first-order valence-electron chi connectivity index (χ1n) is 9.57. The van der Waals surface area contributed by atoms with Crippen molar-refractivity contribution < 1.29 is 23.1 Å². The summed E-state index contributed by atoms with van der Waals surface area (Å²) < 4.78 is 24.9. The highest BCUT2D eigenvalue weighted by molar-refractivity contribution is 7.88. The molecule has 1 aromatic rings. The predicted molar refractivity (Wildman–Crippen MR) is 105 cm³/mol. The molecule has 9 heteroatoms. The van der Waals surface area contributed by atoms with Gasteiger partial charge in [0.25, 0.3) is 5.91 Å². The van der Waals surface area contributed by atoms with Crippen LogP contribution in [0.4, 0.5) is 4.79 Å². The predicted octanol–water partition coefficient (Wildman–Crippen LogP) is 1.51. The molecule has 0 radical (unpaired) electrons. The van der Waals surface area contributed by atoms with E-state index in [1.807, 2.05) is 12.1 Å². The van der Waals surface area contributed by atoms with Gasteiger partial charge >= 0.3 is 6.09 Å². The minimum Gasteiger partial charge on any atom is -0.465 e. The highest BCUT2D eigenvalue weighted by Gasteiger charge is 2.24. The minimum absolute atomic E-state index is 0.128. The van der Waals surface area contributed by atoms with Gasteiger partial charge in [0.2, 0.25) is 10.0 Å². The third-order valence-corrected chi connectivity index (χ3v) is 6.89. The van der Waals surface area contributed by atoms with Crippen molar-refractivity contribution in [2.24, 2.45) is 5.92 Å². The molecule has 0 saturated carbocycles. The SMILES string of the molecule is CS(=O)(=O)N1CCc2cc(C(=O)NCCC3CCN(C(=O)O)CC3)ccc2C1. The lowest BCUT2D eigenvalue weighted by atomic mass is 9.93. The molecule has 28 heavy (non-hydrogen) atoms. The van der Waals surface area contributed by atoms with E-state index in [0.29, 0.717) is 50.6 Å². The Morgan fingerprint density at radius 2 is 1.89 bits per heavy atom. The molecule has 0 unspecified atom stereocenters. The zero-order valence-electron chi connectivity index (χ0n) is 16.1. The minimum atomic E-state index is -3.21. The van der Waals surface area contributed by atoms with Crippen LogP contribution in [0.2, 0.25) is 0 Å². The summed E-state index contributed by atoms with van der Waals surface area (Å²) in [6.45, 7) is 2.47.